The van der Waals surface area contributed by atoms with Crippen LogP contribution in [0, 0.1) is 74.9 Å². The van der Waals surface area contributed by atoms with Gasteiger partial charge in [0.2, 0.25) is 0 Å². The van der Waals surface area contributed by atoms with Gasteiger partial charge < -0.3 is 31.4 Å². The molecule has 0 aromatic carbocycles. The lowest BCUT2D eigenvalue weighted by Crippen LogP contribution is -2.59. The summed E-state index contributed by atoms with van der Waals surface area (Å²) >= 11 is 0. The molecule has 8 unspecified atom stereocenters. The first-order chi connectivity index (χ1) is 23.1. The maximum absolute atomic E-state index is 11.3. The Balaban J connectivity index is 0.000000154. The van der Waals surface area contributed by atoms with Crippen molar-refractivity contribution in [1.29, 1.82) is 0 Å². The lowest BCUT2D eigenvalue weighted by atomic mass is 9.43. The minimum absolute atomic E-state index is 0.0345. The number of aliphatic hydroxyl groups is 4. The maximum Gasteiger partial charge on any atom is 0.0585 e. The average molecular weight is 683 g/mol. The van der Waals surface area contributed by atoms with Crippen LogP contribution in [-0.2, 0) is 0 Å². The van der Waals surface area contributed by atoms with Crippen molar-refractivity contribution in [2.75, 3.05) is 0 Å². The third-order valence-corrected chi connectivity index (χ3v) is 17.9. The van der Waals surface area contributed by atoms with Crippen LogP contribution >= 0.6 is 0 Å². The first kappa shape index (κ1) is 36.4. The van der Waals surface area contributed by atoms with Gasteiger partial charge in [-0.25, -0.2) is 0 Å². The first-order valence-electron chi connectivity index (χ1n) is 20.4. The summed E-state index contributed by atoms with van der Waals surface area (Å²) in [5, 5.41) is 55.6. The molecule has 0 aromatic rings. The number of oxime groups is 1. The van der Waals surface area contributed by atoms with Crippen LogP contribution in [0.15, 0.2) is 16.8 Å². The molecule has 278 valence electrons. The number of aliphatic hydroxyl groups excluding tert-OH is 4. The normalized spacial score (nSPS) is 55.6. The van der Waals surface area contributed by atoms with E-state index in [-0.39, 0.29) is 58.0 Å². The molecule has 7 nitrogen and oxygen atoms in total. The molecule has 0 aliphatic heterocycles. The number of hydrogen-bond acceptors (Lipinski definition) is 7. The quantitative estimate of drug-likeness (QED) is 0.0797. The number of fused-ring (bicyclic) bond motifs is 10. The number of allylic oxidation sites excluding steroid dienone is 1. The second-order valence-electron chi connectivity index (χ2n) is 20.0. The van der Waals surface area contributed by atoms with E-state index in [1.165, 1.54) is 37.7 Å². The smallest absolute Gasteiger partial charge is 0.0585 e. The minimum Gasteiger partial charge on any atom is -0.411 e. The monoisotopic (exact) mass is 683 g/mol. The van der Waals surface area contributed by atoms with Crippen LogP contribution in [-0.4, -0.2) is 61.8 Å². The average Bonchev–Trinajstić information content (AvgIpc) is 3.57. The van der Waals surface area contributed by atoms with Gasteiger partial charge in [0, 0.05) is 12.0 Å². The summed E-state index contributed by atoms with van der Waals surface area (Å²) in [5.74, 6) is 4.70. The molecule has 0 radical (unpaired) electrons. The number of nitrogens with two attached hydrogens (primary N) is 1. The maximum atomic E-state index is 11.3. The van der Waals surface area contributed by atoms with Gasteiger partial charge in [-0.1, -0.05) is 44.5 Å². The van der Waals surface area contributed by atoms with Crippen molar-refractivity contribution in [3.63, 3.8) is 0 Å². The summed E-state index contributed by atoms with van der Waals surface area (Å²) in [4.78, 5) is 0. The van der Waals surface area contributed by atoms with E-state index in [4.69, 9.17) is 5.73 Å². The molecule has 7 N–H and O–H groups in total. The summed E-state index contributed by atoms with van der Waals surface area (Å²) < 4.78 is 0. The molecular formula is C42H70N2O5. The van der Waals surface area contributed by atoms with Gasteiger partial charge in [-0.3, -0.25) is 0 Å². The van der Waals surface area contributed by atoms with Gasteiger partial charge >= 0.3 is 0 Å². The molecule has 0 heterocycles. The van der Waals surface area contributed by atoms with Gasteiger partial charge in [0.05, 0.1) is 30.1 Å². The Hall–Kier alpha value is -0.990. The molecule has 49 heavy (non-hydrogen) atoms. The van der Waals surface area contributed by atoms with Crippen LogP contribution in [0.5, 0.6) is 0 Å². The Morgan fingerprint density at radius 2 is 1.43 bits per heavy atom. The lowest BCUT2D eigenvalue weighted by Gasteiger charge is -2.62. The van der Waals surface area contributed by atoms with Gasteiger partial charge in [-0.2, -0.15) is 0 Å². The van der Waals surface area contributed by atoms with Crippen LogP contribution < -0.4 is 5.73 Å². The highest BCUT2D eigenvalue weighted by atomic mass is 16.4. The van der Waals surface area contributed by atoms with E-state index in [1.54, 1.807) is 0 Å². The Labute approximate surface area is 296 Å². The zero-order valence-corrected chi connectivity index (χ0v) is 31.5. The van der Waals surface area contributed by atoms with Crippen LogP contribution in [0.25, 0.3) is 0 Å². The molecular weight excluding hydrogens is 612 g/mol. The largest absolute Gasteiger partial charge is 0.411 e. The van der Waals surface area contributed by atoms with E-state index >= 15 is 0 Å². The molecule has 0 aromatic heterocycles. The summed E-state index contributed by atoms with van der Waals surface area (Å²) in [6.07, 6.45) is 17.2. The van der Waals surface area contributed by atoms with E-state index in [0.717, 1.165) is 75.8 Å². The third-order valence-electron chi connectivity index (χ3n) is 17.9. The van der Waals surface area contributed by atoms with E-state index in [2.05, 4.69) is 45.9 Å². The van der Waals surface area contributed by atoms with Crippen molar-refractivity contribution >= 4 is 5.71 Å². The van der Waals surface area contributed by atoms with E-state index in [1.807, 2.05) is 6.92 Å². The fraction of sp³-hybridized carbons (Fsp3) is 0.929. The molecule has 0 bridgehead atoms. The summed E-state index contributed by atoms with van der Waals surface area (Å²) in [7, 11) is 0. The predicted molar refractivity (Wildman–Crippen MR) is 194 cm³/mol. The highest BCUT2D eigenvalue weighted by Gasteiger charge is 2.64. The Morgan fingerprint density at radius 1 is 0.776 bits per heavy atom. The Morgan fingerprint density at radius 3 is 2.14 bits per heavy atom. The number of nitrogens with zero attached hydrogens (tertiary/aromatic N) is 1. The van der Waals surface area contributed by atoms with Gasteiger partial charge in [-0.05, 0) is 179 Å². The fourth-order valence-electron chi connectivity index (χ4n) is 15.8. The Bertz CT molecular complexity index is 1300. The van der Waals surface area contributed by atoms with Crippen molar-refractivity contribution in [2.24, 2.45) is 85.8 Å². The fourth-order valence-corrected chi connectivity index (χ4v) is 15.8. The van der Waals surface area contributed by atoms with Gasteiger partial charge in [0.25, 0.3) is 0 Å². The SMILES string of the molecule is C/C(=N\O)[C@H]1CCC2C3CC=C4C[C@@H](O)CC[C@]4(C)C3[C@@H](O)C[C@@]21C.CC(N)[C@H]1CCC2C3CCC4C[C@@H](O)CC[C@]4(C)C3[C@@H](O)C[C@@]21C. The molecule has 8 aliphatic carbocycles. The van der Waals surface area contributed by atoms with Crippen molar-refractivity contribution in [3.05, 3.63) is 11.6 Å². The van der Waals surface area contributed by atoms with Crippen molar-refractivity contribution in [2.45, 2.75) is 168 Å². The molecule has 0 spiro atoms. The molecule has 0 saturated heterocycles. The molecule has 0 amide bonds. The highest BCUT2D eigenvalue weighted by molar-refractivity contribution is 5.85. The van der Waals surface area contributed by atoms with Gasteiger partial charge in [0.15, 0.2) is 0 Å². The van der Waals surface area contributed by atoms with Crippen molar-refractivity contribution < 1.29 is 25.6 Å². The standard InChI is InChI=1S/C21H33NO3.C21H37NO2/c1-12(22-25)16-6-7-17-15-5-4-13-10-14(23)8-9-20(13,2)19(15)18(24)11-21(16,17)3;1-12(22)16-6-7-17-15-5-4-13-10-14(23)8-9-20(13,2)19(15)18(24)11-21(16,17)3/h4,14-19,23-25H,5-11H2,1-3H3;12-19,23-24H,4-11,22H2,1-3H3/b22-12+;/t14-,15?,16+,17?,18-,19?,20-,21+;12?,13?,14-,15?,16+,17?,18-,19?,20-,21+/m00/s1. The summed E-state index contributed by atoms with van der Waals surface area (Å²) in [6.45, 7) is 13.6. The predicted octanol–water partition coefficient (Wildman–Crippen LogP) is 7.07. The second kappa shape index (κ2) is 12.8. The highest BCUT2D eigenvalue weighted by Crippen LogP contribution is 2.68. The third kappa shape index (κ3) is 5.55. The zero-order valence-electron chi connectivity index (χ0n) is 31.5. The molecule has 7 saturated carbocycles. The van der Waals surface area contributed by atoms with Crippen molar-refractivity contribution in [1.82, 2.24) is 0 Å². The topological polar surface area (TPSA) is 140 Å². The van der Waals surface area contributed by atoms with E-state index in [9.17, 15) is 25.6 Å². The molecule has 8 aliphatic rings. The zero-order chi connectivity index (χ0) is 35.3. The van der Waals surface area contributed by atoms with E-state index < -0.39 is 0 Å². The van der Waals surface area contributed by atoms with E-state index in [0.29, 0.717) is 41.4 Å². The van der Waals surface area contributed by atoms with Crippen LogP contribution in [0.3, 0.4) is 0 Å². The van der Waals surface area contributed by atoms with Gasteiger partial charge in [-0.15, -0.1) is 0 Å². The van der Waals surface area contributed by atoms with Crippen LogP contribution in [0.4, 0.5) is 0 Å². The lowest BCUT2D eigenvalue weighted by molar-refractivity contribution is -0.178. The molecule has 7 fully saturated rings. The number of rotatable bonds is 2. The molecule has 7 heteroatoms. The van der Waals surface area contributed by atoms with Crippen LogP contribution in [0.2, 0.25) is 0 Å². The van der Waals surface area contributed by atoms with Gasteiger partial charge in [0.1, 0.15) is 0 Å². The Kier molecular flexibility index (Phi) is 9.54. The summed E-state index contributed by atoms with van der Waals surface area (Å²) in [5.41, 5.74) is 9.09. The van der Waals surface area contributed by atoms with Crippen molar-refractivity contribution in [3.8, 4) is 0 Å². The molecule has 8 rings (SSSR count). The number of hydrogen-bond donors (Lipinski definition) is 6. The summed E-state index contributed by atoms with van der Waals surface area (Å²) in [6, 6.07) is 0.237. The van der Waals surface area contributed by atoms with Crippen LogP contribution in [0.1, 0.15) is 138 Å². The first-order valence-corrected chi connectivity index (χ1v) is 20.4. The second-order valence-corrected chi connectivity index (χ2v) is 20.0. The minimum atomic E-state index is -0.303. The molecule has 18 atom stereocenters.